The van der Waals surface area contributed by atoms with Crippen LogP contribution >= 0.6 is 0 Å². The number of likely N-dealkylation sites (N-methyl/N-ethyl adjacent to an activating group) is 2. The number of carbonyl (C=O) groups is 1. The van der Waals surface area contributed by atoms with Crippen molar-refractivity contribution < 1.29 is 18.3 Å². The van der Waals surface area contributed by atoms with E-state index in [1.807, 2.05) is 0 Å². The molecular formula is C12H18N2O4S. The second-order valence-corrected chi connectivity index (χ2v) is 5.82. The summed E-state index contributed by atoms with van der Waals surface area (Å²) < 4.78 is 25.6. The number of sulfonamides is 1. The molecule has 1 amide bonds. The van der Waals surface area contributed by atoms with Crippen molar-refractivity contribution in [3.05, 3.63) is 24.3 Å². The van der Waals surface area contributed by atoms with Crippen LogP contribution in [0.3, 0.4) is 0 Å². The van der Waals surface area contributed by atoms with E-state index in [1.54, 1.807) is 13.8 Å². The Morgan fingerprint density at radius 2 is 1.84 bits per heavy atom. The summed E-state index contributed by atoms with van der Waals surface area (Å²) in [5, 5.41) is 11.7. The summed E-state index contributed by atoms with van der Waals surface area (Å²) in [6.45, 7) is 3.86. The third kappa shape index (κ3) is 3.93. The number of nitrogens with zero attached hydrogens (tertiary/aromatic N) is 1. The Morgan fingerprint density at radius 3 is 2.32 bits per heavy atom. The largest absolute Gasteiger partial charge is 0.508 e. The highest BCUT2D eigenvalue weighted by Crippen LogP contribution is 2.18. The van der Waals surface area contributed by atoms with E-state index in [9.17, 15) is 13.2 Å². The Labute approximate surface area is 113 Å². The van der Waals surface area contributed by atoms with Crippen LogP contribution in [0.25, 0.3) is 0 Å². The molecule has 0 spiro atoms. The molecule has 0 heterocycles. The van der Waals surface area contributed by atoms with Crippen LogP contribution in [0, 0.1) is 0 Å². The predicted octanol–water partition coefficient (Wildman–Crippen LogP) is 0.539. The number of amides is 1. The predicted molar refractivity (Wildman–Crippen MR) is 71.2 cm³/mol. The maximum atomic E-state index is 12.3. The molecule has 0 aliphatic rings. The molecule has 0 bridgehead atoms. The van der Waals surface area contributed by atoms with Crippen LogP contribution in [0.5, 0.6) is 5.75 Å². The molecule has 19 heavy (non-hydrogen) atoms. The number of rotatable bonds is 6. The van der Waals surface area contributed by atoms with Gasteiger partial charge in [-0.1, -0.05) is 6.92 Å². The van der Waals surface area contributed by atoms with E-state index in [4.69, 9.17) is 5.11 Å². The van der Waals surface area contributed by atoms with E-state index in [1.165, 1.54) is 24.3 Å². The van der Waals surface area contributed by atoms with Crippen molar-refractivity contribution in [1.29, 1.82) is 0 Å². The first-order valence-electron chi connectivity index (χ1n) is 5.97. The molecule has 0 atom stereocenters. The number of hydrogen-bond acceptors (Lipinski definition) is 4. The molecule has 0 radical (unpaired) electrons. The summed E-state index contributed by atoms with van der Waals surface area (Å²) in [6, 6.07) is 5.22. The van der Waals surface area contributed by atoms with E-state index in [0.717, 1.165) is 4.31 Å². The van der Waals surface area contributed by atoms with Gasteiger partial charge >= 0.3 is 0 Å². The van der Waals surface area contributed by atoms with E-state index in [-0.39, 0.29) is 29.6 Å². The number of phenols is 1. The lowest BCUT2D eigenvalue weighted by Gasteiger charge is -2.19. The first-order valence-corrected chi connectivity index (χ1v) is 7.41. The third-order valence-corrected chi connectivity index (χ3v) is 4.46. The second-order valence-electron chi connectivity index (χ2n) is 3.88. The van der Waals surface area contributed by atoms with Crippen molar-refractivity contribution >= 4 is 15.9 Å². The van der Waals surface area contributed by atoms with Gasteiger partial charge in [-0.15, -0.1) is 0 Å². The highest BCUT2D eigenvalue weighted by molar-refractivity contribution is 7.89. The van der Waals surface area contributed by atoms with Crippen molar-refractivity contribution in [2.75, 3.05) is 19.6 Å². The SMILES string of the molecule is CCNC(=O)CN(CC)S(=O)(=O)c1ccc(O)cc1. The van der Waals surface area contributed by atoms with Crippen LogP contribution in [-0.4, -0.2) is 43.4 Å². The van der Waals surface area contributed by atoms with Gasteiger partial charge in [-0.2, -0.15) is 4.31 Å². The number of carbonyl (C=O) groups excluding carboxylic acids is 1. The molecule has 106 valence electrons. The quantitative estimate of drug-likeness (QED) is 0.799. The first-order chi connectivity index (χ1) is 8.91. The highest BCUT2D eigenvalue weighted by Gasteiger charge is 2.24. The number of aromatic hydroxyl groups is 1. The topological polar surface area (TPSA) is 86.7 Å². The second kappa shape index (κ2) is 6.53. The minimum atomic E-state index is -3.72. The van der Waals surface area contributed by atoms with Gasteiger partial charge in [0.05, 0.1) is 11.4 Å². The minimum absolute atomic E-state index is 0.00859. The summed E-state index contributed by atoms with van der Waals surface area (Å²) in [5.41, 5.74) is 0. The third-order valence-electron chi connectivity index (χ3n) is 2.52. The van der Waals surface area contributed by atoms with Gasteiger partial charge in [-0.05, 0) is 31.2 Å². The van der Waals surface area contributed by atoms with Gasteiger partial charge in [0.1, 0.15) is 5.75 Å². The Bertz CT molecular complexity index is 525. The summed E-state index contributed by atoms with van der Waals surface area (Å²) in [4.78, 5) is 11.5. The molecule has 0 saturated carbocycles. The smallest absolute Gasteiger partial charge is 0.243 e. The molecule has 0 fully saturated rings. The highest BCUT2D eigenvalue weighted by atomic mass is 32.2. The Hall–Kier alpha value is -1.60. The molecule has 0 aliphatic carbocycles. The molecule has 0 unspecified atom stereocenters. The molecule has 7 heteroatoms. The van der Waals surface area contributed by atoms with Crippen molar-refractivity contribution in [3.8, 4) is 5.75 Å². The monoisotopic (exact) mass is 286 g/mol. The van der Waals surface area contributed by atoms with Crippen LogP contribution in [0.2, 0.25) is 0 Å². The van der Waals surface area contributed by atoms with E-state index in [2.05, 4.69) is 5.32 Å². The normalized spacial score (nSPS) is 11.5. The van der Waals surface area contributed by atoms with Crippen molar-refractivity contribution in [1.82, 2.24) is 9.62 Å². The minimum Gasteiger partial charge on any atom is -0.508 e. The summed E-state index contributed by atoms with van der Waals surface area (Å²) in [5.74, 6) is -0.350. The van der Waals surface area contributed by atoms with Gasteiger partial charge in [-0.3, -0.25) is 4.79 Å². The molecule has 0 aliphatic heterocycles. The molecule has 2 N–H and O–H groups in total. The molecule has 0 saturated heterocycles. The molecule has 0 aromatic heterocycles. The Balaban J connectivity index is 2.95. The number of phenolic OH excluding ortho intramolecular Hbond substituents is 1. The lowest BCUT2D eigenvalue weighted by Crippen LogP contribution is -2.40. The fraction of sp³-hybridized carbons (Fsp3) is 0.417. The first kappa shape index (κ1) is 15.5. The van der Waals surface area contributed by atoms with Gasteiger partial charge in [0, 0.05) is 13.1 Å². The zero-order valence-corrected chi connectivity index (χ0v) is 11.8. The average molecular weight is 286 g/mol. The van der Waals surface area contributed by atoms with Crippen molar-refractivity contribution in [3.63, 3.8) is 0 Å². The molecule has 1 rings (SSSR count). The molecular weight excluding hydrogens is 268 g/mol. The van der Waals surface area contributed by atoms with Crippen molar-refractivity contribution in [2.24, 2.45) is 0 Å². The lowest BCUT2D eigenvalue weighted by molar-refractivity contribution is -0.121. The fourth-order valence-electron chi connectivity index (χ4n) is 1.55. The summed E-state index contributed by atoms with van der Waals surface area (Å²) >= 11 is 0. The zero-order chi connectivity index (χ0) is 14.5. The molecule has 1 aromatic rings. The van der Waals surface area contributed by atoms with Gasteiger partial charge in [0.15, 0.2) is 0 Å². The van der Waals surface area contributed by atoms with Crippen LogP contribution in [0.1, 0.15) is 13.8 Å². The average Bonchev–Trinajstić information content (AvgIpc) is 2.36. The van der Waals surface area contributed by atoms with Gasteiger partial charge in [0.2, 0.25) is 15.9 Å². The molecule has 1 aromatic carbocycles. The van der Waals surface area contributed by atoms with Gasteiger partial charge in [-0.25, -0.2) is 8.42 Å². The summed E-state index contributed by atoms with van der Waals surface area (Å²) in [6.07, 6.45) is 0. The number of hydrogen-bond donors (Lipinski definition) is 2. The lowest BCUT2D eigenvalue weighted by atomic mass is 10.3. The zero-order valence-electron chi connectivity index (χ0n) is 11.0. The fourth-order valence-corrected chi connectivity index (χ4v) is 2.95. The molecule has 6 nitrogen and oxygen atoms in total. The van der Waals surface area contributed by atoms with Crippen LogP contribution in [0.4, 0.5) is 0 Å². The van der Waals surface area contributed by atoms with E-state index >= 15 is 0 Å². The number of nitrogens with one attached hydrogen (secondary N) is 1. The van der Waals surface area contributed by atoms with Crippen LogP contribution < -0.4 is 5.32 Å². The number of benzene rings is 1. The maximum Gasteiger partial charge on any atom is 0.243 e. The Morgan fingerprint density at radius 1 is 1.26 bits per heavy atom. The Kier molecular flexibility index (Phi) is 5.31. The van der Waals surface area contributed by atoms with Gasteiger partial charge in [0.25, 0.3) is 0 Å². The standard InChI is InChI=1S/C12H18N2O4S/c1-3-13-12(16)9-14(4-2)19(17,18)11-7-5-10(15)6-8-11/h5-8,15H,3-4,9H2,1-2H3,(H,13,16). The van der Waals surface area contributed by atoms with E-state index < -0.39 is 10.0 Å². The van der Waals surface area contributed by atoms with Crippen LogP contribution in [0.15, 0.2) is 29.2 Å². The maximum absolute atomic E-state index is 12.3. The van der Waals surface area contributed by atoms with E-state index in [0.29, 0.717) is 6.54 Å². The van der Waals surface area contributed by atoms with Crippen molar-refractivity contribution in [2.45, 2.75) is 18.7 Å². The summed E-state index contributed by atoms with van der Waals surface area (Å²) in [7, 11) is -3.72. The van der Waals surface area contributed by atoms with Crippen LogP contribution in [-0.2, 0) is 14.8 Å². The van der Waals surface area contributed by atoms with Gasteiger partial charge < -0.3 is 10.4 Å².